The first kappa shape index (κ1) is 12.4. The van der Waals surface area contributed by atoms with Crippen LogP contribution in [0.1, 0.15) is 5.56 Å². The number of hydrogen-bond donors (Lipinski definition) is 0. The summed E-state index contributed by atoms with van der Waals surface area (Å²) in [4.78, 5) is 10.8. The summed E-state index contributed by atoms with van der Waals surface area (Å²) >= 11 is 0. The average Bonchev–Trinajstić information content (AvgIpc) is 2.83. The van der Waals surface area contributed by atoms with E-state index >= 15 is 0 Å². The monoisotopic (exact) mass is 263 g/mol. The van der Waals surface area contributed by atoms with E-state index in [9.17, 15) is 13.2 Å². The highest BCUT2D eigenvalue weighted by molar-refractivity contribution is 7.92. The highest BCUT2D eigenvalue weighted by atomic mass is 32.2. The molecule has 1 radical (unpaired) electrons. The molecule has 0 bridgehead atoms. The number of benzene rings is 1. The Labute approximate surface area is 105 Å². The summed E-state index contributed by atoms with van der Waals surface area (Å²) < 4.78 is 25.9. The van der Waals surface area contributed by atoms with Crippen LogP contribution in [0.4, 0.5) is 0 Å². The van der Waals surface area contributed by atoms with Crippen LogP contribution in [0.5, 0.6) is 0 Å². The minimum Gasteiger partial charge on any atom is -0.260 e. The lowest BCUT2D eigenvalue weighted by Gasteiger charge is -2.17. The van der Waals surface area contributed by atoms with E-state index in [-0.39, 0.29) is 5.75 Å². The number of carbonyl (C=O) groups excluding carboxylic acids is 1. The van der Waals surface area contributed by atoms with Crippen molar-refractivity contribution in [3.8, 4) is 0 Å². The van der Waals surface area contributed by atoms with Gasteiger partial charge >= 0.3 is 6.41 Å². The quantitative estimate of drug-likeness (QED) is 0.757. The Balaban J connectivity index is 2.28. The van der Waals surface area contributed by atoms with Gasteiger partial charge in [0.05, 0.1) is 5.75 Å². The zero-order valence-electron chi connectivity index (χ0n) is 9.43. The van der Waals surface area contributed by atoms with Crippen molar-refractivity contribution in [3.63, 3.8) is 0 Å². The van der Waals surface area contributed by atoms with E-state index in [4.69, 9.17) is 0 Å². The normalized spacial score (nSPS) is 11.1. The van der Waals surface area contributed by atoms with E-state index in [0.717, 1.165) is 0 Å². The summed E-state index contributed by atoms with van der Waals surface area (Å²) in [6.45, 7) is 0. The second-order valence-electron chi connectivity index (χ2n) is 3.64. The zero-order valence-corrected chi connectivity index (χ0v) is 10.2. The fraction of sp³-hybridized carbons (Fsp3) is 0.0833. The molecule has 0 saturated carbocycles. The smallest absolute Gasteiger partial charge is 0.260 e. The third kappa shape index (κ3) is 2.60. The van der Waals surface area contributed by atoms with Gasteiger partial charge in [0, 0.05) is 12.4 Å². The molecular weight excluding hydrogens is 252 g/mol. The van der Waals surface area contributed by atoms with Gasteiger partial charge in [0.2, 0.25) is 0 Å². The topological polar surface area (TPSA) is 59.4 Å². The Kier molecular flexibility index (Phi) is 3.47. The molecule has 1 amide bonds. The van der Waals surface area contributed by atoms with Crippen molar-refractivity contribution in [2.75, 3.05) is 4.41 Å². The largest absolute Gasteiger partial charge is 0.348 e. The lowest BCUT2D eigenvalue weighted by atomic mass is 10.2. The maximum atomic E-state index is 12.1. The molecule has 0 unspecified atom stereocenters. The third-order valence-electron chi connectivity index (χ3n) is 2.33. The van der Waals surface area contributed by atoms with Gasteiger partial charge in [-0.2, -0.15) is 0 Å². The molecule has 1 aromatic carbocycles. The maximum Gasteiger partial charge on any atom is 0.348 e. The summed E-state index contributed by atoms with van der Waals surface area (Å²) in [5, 5.41) is 0. The third-order valence-corrected chi connectivity index (χ3v) is 3.82. The second-order valence-corrected chi connectivity index (χ2v) is 5.44. The van der Waals surface area contributed by atoms with Gasteiger partial charge in [-0.3, -0.25) is 9.47 Å². The molecular formula is C12H11N2O3S. The van der Waals surface area contributed by atoms with Crippen LogP contribution in [-0.2, 0) is 20.6 Å². The van der Waals surface area contributed by atoms with Gasteiger partial charge in [-0.05, 0) is 17.7 Å². The van der Waals surface area contributed by atoms with Crippen LogP contribution in [0.25, 0.3) is 0 Å². The van der Waals surface area contributed by atoms with Crippen LogP contribution in [0.2, 0.25) is 0 Å². The number of hydrogen-bond acceptors (Lipinski definition) is 3. The molecule has 18 heavy (non-hydrogen) atoms. The van der Waals surface area contributed by atoms with E-state index in [1.165, 1.54) is 23.5 Å². The Morgan fingerprint density at radius 3 is 2.22 bits per heavy atom. The van der Waals surface area contributed by atoms with Crippen molar-refractivity contribution in [2.45, 2.75) is 5.75 Å². The number of amides is 1. The molecule has 5 nitrogen and oxygen atoms in total. The first-order valence-corrected chi connectivity index (χ1v) is 6.82. The molecule has 0 saturated heterocycles. The average molecular weight is 263 g/mol. The van der Waals surface area contributed by atoms with E-state index in [2.05, 4.69) is 0 Å². The number of nitrogens with zero attached hydrogens (tertiary/aromatic N) is 2. The second kappa shape index (κ2) is 5.05. The summed E-state index contributed by atoms with van der Waals surface area (Å²) in [5.41, 5.74) is 0.616. The van der Waals surface area contributed by atoms with E-state index in [0.29, 0.717) is 9.98 Å². The van der Waals surface area contributed by atoms with E-state index in [1.807, 2.05) is 0 Å². The molecule has 0 aliphatic rings. The summed E-state index contributed by atoms with van der Waals surface area (Å²) in [7, 11) is -3.78. The van der Waals surface area contributed by atoms with E-state index < -0.39 is 10.0 Å². The number of rotatable bonds is 5. The van der Waals surface area contributed by atoms with Crippen molar-refractivity contribution in [3.05, 3.63) is 60.4 Å². The van der Waals surface area contributed by atoms with Crippen molar-refractivity contribution >= 4 is 16.4 Å². The van der Waals surface area contributed by atoms with Gasteiger partial charge < -0.3 is 0 Å². The molecule has 6 heteroatoms. The van der Waals surface area contributed by atoms with Crippen LogP contribution >= 0.6 is 0 Å². The number of aromatic nitrogens is 1. The summed E-state index contributed by atoms with van der Waals surface area (Å²) in [6.07, 6.45) is 4.35. The molecule has 93 valence electrons. The SMILES string of the molecule is O=[C]N(n1cccc1)S(=O)(=O)Cc1ccccc1. The van der Waals surface area contributed by atoms with Crippen molar-refractivity contribution in [1.29, 1.82) is 0 Å². The number of sulfonamides is 1. The van der Waals surface area contributed by atoms with Gasteiger partial charge in [-0.15, -0.1) is 4.41 Å². The first-order valence-electron chi connectivity index (χ1n) is 5.21. The van der Waals surface area contributed by atoms with E-state index in [1.54, 1.807) is 42.5 Å². The van der Waals surface area contributed by atoms with Gasteiger partial charge in [0.15, 0.2) is 0 Å². The molecule has 1 aromatic heterocycles. The maximum absolute atomic E-state index is 12.1. The molecule has 2 aromatic rings. The Morgan fingerprint density at radius 1 is 1.06 bits per heavy atom. The molecule has 1 heterocycles. The Bertz CT molecular complexity index is 606. The highest BCUT2D eigenvalue weighted by Gasteiger charge is 2.22. The van der Waals surface area contributed by atoms with Crippen LogP contribution < -0.4 is 4.41 Å². The predicted molar refractivity (Wildman–Crippen MR) is 67.4 cm³/mol. The molecule has 0 fully saturated rings. The molecule has 0 aliphatic heterocycles. The van der Waals surface area contributed by atoms with Crippen molar-refractivity contribution in [1.82, 2.24) is 4.68 Å². The molecule has 0 aliphatic carbocycles. The lowest BCUT2D eigenvalue weighted by Crippen LogP contribution is -2.39. The van der Waals surface area contributed by atoms with Gasteiger partial charge in [-0.1, -0.05) is 30.3 Å². The molecule has 0 spiro atoms. The lowest BCUT2D eigenvalue weighted by molar-refractivity contribution is 0.540. The first-order chi connectivity index (χ1) is 8.63. The van der Waals surface area contributed by atoms with Crippen molar-refractivity contribution in [2.24, 2.45) is 0 Å². The zero-order chi connectivity index (χ0) is 13.0. The Morgan fingerprint density at radius 2 is 1.67 bits per heavy atom. The van der Waals surface area contributed by atoms with Gasteiger partial charge in [0.25, 0.3) is 10.0 Å². The highest BCUT2D eigenvalue weighted by Crippen LogP contribution is 2.09. The van der Waals surface area contributed by atoms with Crippen molar-refractivity contribution < 1.29 is 13.2 Å². The van der Waals surface area contributed by atoms with Crippen LogP contribution in [-0.4, -0.2) is 19.5 Å². The van der Waals surface area contributed by atoms with Crippen LogP contribution in [0, 0.1) is 0 Å². The minimum absolute atomic E-state index is 0.249. The van der Waals surface area contributed by atoms with Crippen LogP contribution in [0.15, 0.2) is 54.9 Å². The predicted octanol–water partition coefficient (Wildman–Crippen LogP) is 1.02. The van der Waals surface area contributed by atoms with Crippen LogP contribution in [0.3, 0.4) is 0 Å². The standard InChI is InChI=1S/C12H11N2O3S/c15-11-14(13-8-4-5-9-13)18(16,17)10-12-6-2-1-3-7-12/h1-9H,10H2. The molecule has 0 atom stereocenters. The molecule has 2 rings (SSSR count). The van der Waals surface area contributed by atoms with Gasteiger partial charge in [0.1, 0.15) is 0 Å². The molecule has 0 N–H and O–H groups in total. The summed E-state index contributed by atoms with van der Waals surface area (Å²) in [6, 6.07) is 11.9. The Hall–Kier alpha value is -2.08. The summed E-state index contributed by atoms with van der Waals surface area (Å²) in [5.74, 6) is -0.249. The van der Waals surface area contributed by atoms with Gasteiger partial charge in [-0.25, -0.2) is 8.42 Å². The fourth-order valence-electron chi connectivity index (χ4n) is 1.54. The minimum atomic E-state index is -3.78. The fourth-order valence-corrected chi connectivity index (χ4v) is 2.79.